The number of hydrogen-bond donors (Lipinski definition) is 3. The van der Waals surface area contributed by atoms with E-state index < -0.39 is 67.3 Å². The van der Waals surface area contributed by atoms with Crippen molar-refractivity contribution in [3.63, 3.8) is 0 Å². The Balaban J connectivity index is 2.74. The van der Waals surface area contributed by atoms with Crippen LogP contribution in [0.4, 0.5) is 0 Å². The lowest BCUT2D eigenvalue weighted by Gasteiger charge is -2.40. The molecule has 0 amide bonds. The van der Waals surface area contributed by atoms with E-state index in [2.05, 4.69) is 106 Å². The average Bonchev–Trinajstić information content (AvgIpc) is 3.39. The average molecular weight is 1050 g/mol. The zero-order valence-corrected chi connectivity index (χ0v) is 46.8. The molecule has 12 nitrogen and oxygen atoms in total. The van der Waals surface area contributed by atoms with Gasteiger partial charge in [0.25, 0.3) is 0 Å². The summed E-state index contributed by atoms with van der Waals surface area (Å²) in [4.78, 5) is 51.0. The van der Waals surface area contributed by atoms with E-state index in [9.17, 15) is 34.5 Å². The number of rotatable bonds is 48. The van der Waals surface area contributed by atoms with Crippen molar-refractivity contribution in [2.45, 2.75) is 263 Å². The van der Waals surface area contributed by atoms with Crippen molar-refractivity contribution in [3.05, 3.63) is 97.2 Å². The summed E-state index contributed by atoms with van der Waals surface area (Å²) in [6, 6.07) is 0. The van der Waals surface area contributed by atoms with E-state index in [1.165, 1.54) is 64.2 Å². The van der Waals surface area contributed by atoms with Crippen molar-refractivity contribution < 1.29 is 58.2 Å². The standard InChI is InChI=1S/C63H102O12/c1-4-7-10-13-16-19-22-25-27-28-30-32-34-37-40-43-46-49-55(64)71-52-54(73-56(65)50-47-44-41-38-35-31-24-21-18-15-12-9-6-3)53-72-63-61(59(68)58(67)60(75-63)62(69)70)74-57(66)51-48-45-42-39-36-33-29-26-23-20-17-14-11-8-5-2/h7,9-10,12,16,18-19,21,25,27,30-32,35,41,44,54,58-61,63,67-68H,4-6,8,11,13-15,17,20,22-24,26,28-29,33-34,36-40,42-43,45-53H2,1-3H3,(H,69,70)/b10-7-,12-9-,19-16-,21-18-,27-25-,32-30-,35-31-,44-41-. The molecule has 0 aromatic rings. The summed E-state index contributed by atoms with van der Waals surface area (Å²) >= 11 is 0. The number of carboxylic acids is 1. The van der Waals surface area contributed by atoms with E-state index in [1.54, 1.807) is 0 Å². The van der Waals surface area contributed by atoms with Crippen LogP contribution in [0.25, 0.3) is 0 Å². The van der Waals surface area contributed by atoms with Crippen LogP contribution in [0.5, 0.6) is 0 Å². The smallest absolute Gasteiger partial charge is 0.335 e. The summed E-state index contributed by atoms with van der Waals surface area (Å²) in [5, 5.41) is 31.5. The summed E-state index contributed by atoms with van der Waals surface area (Å²) < 4.78 is 28.3. The number of aliphatic hydroxyl groups excluding tert-OH is 2. The van der Waals surface area contributed by atoms with Crippen molar-refractivity contribution in [1.29, 1.82) is 0 Å². The van der Waals surface area contributed by atoms with Crippen molar-refractivity contribution in [1.82, 2.24) is 0 Å². The molecular formula is C63H102O12. The molecule has 1 aliphatic rings. The molecule has 6 unspecified atom stereocenters. The molecule has 0 saturated carbocycles. The van der Waals surface area contributed by atoms with Gasteiger partial charge in [-0.25, -0.2) is 4.79 Å². The zero-order valence-electron chi connectivity index (χ0n) is 46.8. The molecule has 1 rings (SSSR count). The highest BCUT2D eigenvalue weighted by Gasteiger charge is 2.50. The van der Waals surface area contributed by atoms with Gasteiger partial charge in [-0.3, -0.25) is 14.4 Å². The van der Waals surface area contributed by atoms with Crippen LogP contribution in [0.3, 0.4) is 0 Å². The van der Waals surface area contributed by atoms with E-state index >= 15 is 0 Å². The number of aliphatic hydroxyl groups is 2. The summed E-state index contributed by atoms with van der Waals surface area (Å²) in [6.07, 6.45) is 54.0. The molecule has 0 aromatic carbocycles. The van der Waals surface area contributed by atoms with Crippen LogP contribution in [0.1, 0.15) is 226 Å². The number of carbonyl (C=O) groups excluding carboxylic acids is 3. The molecular weight excluding hydrogens is 949 g/mol. The van der Waals surface area contributed by atoms with E-state index in [1.807, 2.05) is 12.2 Å². The second-order valence-electron chi connectivity index (χ2n) is 19.5. The van der Waals surface area contributed by atoms with E-state index in [0.29, 0.717) is 25.7 Å². The zero-order chi connectivity index (χ0) is 54.7. The fourth-order valence-corrected chi connectivity index (χ4v) is 8.25. The Morgan fingerprint density at radius 2 is 0.867 bits per heavy atom. The molecule has 0 radical (unpaired) electrons. The van der Waals surface area contributed by atoms with Gasteiger partial charge >= 0.3 is 23.9 Å². The second kappa shape index (κ2) is 50.5. The Bertz CT molecular complexity index is 1670. The monoisotopic (exact) mass is 1050 g/mol. The van der Waals surface area contributed by atoms with Gasteiger partial charge in [0.2, 0.25) is 0 Å². The fourth-order valence-electron chi connectivity index (χ4n) is 8.25. The van der Waals surface area contributed by atoms with Gasteiger partial charge in [0.1, 0.15) is 18.8 Å². The lowest BCUT2D eigenvalue weighted by molar-refractivity contribution is -0.301. The highest BCUT2D eigenvalue weighted by atomic mass is 16.7. The van der Waals surface area contributed by atoms with Crippen LogP contribution in [0, 0.1) is 0 Å². The first-order chi connectivity index (χ1) is 36.6. The van der Waals surface area contributed by atoms with Crippen molar-refractivity contribution in [2.24, 2.45) is 0 Å². The maximum atomic E-state index is 13.1. The number of esters is 3. The predicted octanol–water partition coefficient (Wildman–Crippen LogP) is 14.9. The number of ether oxygens (including phenoxy) is 5. The number of aliphatic carboxylic acids is 1. The predicted molar refractivity (Wildman–Crippen MR) is 303 cm³/mol. The Morgan fingerprint density at radius 1 is 0.453 bits per heavy atom. The van der Waals surface area contributed by atoms with Crippen LogP contribution in [0.2, 0.25) is 0 Å². The third-order valence-corrected chi connectivity index (χ3v) is 12.7. The maximum Gasteiger partial charge on any atom is 0.335 e. The molecule has 3 N–H and O–H groups in total. The van der Waals surface area contributed by atoms with Crippen molar-refractivity contribution in [2.75, 3.05) is 13.2 Å². The van der Waals surface area contributed by atoms with Gasteiger partial charge in [-0.05, 0) is 83.5 Å². The Kier molecular flexibility index (Phi) is 46.2. The molecule has 1 fully saturated rings. The van der Waals surface area contributed by atoms with E-state index in [4.69, 9.17) is 23.7 Å². The first-order valence-corrected chi connectivity index (χ1v) is 29.2. The van der Waals surface area contributed by atoms with Gasteiger partial charge < -0.3 is 39.0 Å². The summed E-state index contributed by atoms with van der Waals surface area (Å²) in [6.45, 7) is 5.67. The molecule has 6 atom stereocenters. The SMILES string of the molecule is CC/C=C\C/C=C\C/C=C\C/C=C\CCCCCCC(=O)OCC(COC1OC(C(=O)O)C(O)C(O)C1OC(=O)CCCCCCCCCCCCCCCCC)OC(=O)CC/C=C\C/C=C\C/C=C\C/C=C\CC. The second-order valence-corrected chi connectivity index (χ2v) is 19.5. The molecule has 75 heavy (non-hydrogen) atoms. The maximum absolute atomic E-state index is 13.1. The van der Waals surface area contributed by atoms with Crippen LogP contribution in [0.15, 0.2) is 97.2 Å². The number of allylic oxidation sites excluding steroid dienone is 16. The largest absolute Gasteiger partial charge is 0.479 e. The number of carbonyl (C=O) groups is 4. The normalized spacial score (nSPS) is 18.9. The summed E-state index contributed by atoms with van der Waals surface area (Å²) in [5.74, 6) is -3.27. The molecule has 1 saturated heterocycles. The third kappa shape index (κ3) is 40.6. The minimum atomic E-state index is -1.92. The highest BCUT2D eigenvalue weighted by molar-refractivity contribution is 5.74. The topological polar surface area (TPSA) is 175 Å². The van der Waals surface area contributed by atoms with Crippen molar-refractivity contribution >= 4 is 23.9 Å². The summed E-state index contributed by atoms with van der Waals surface area (Å²) in [5.41, 5.74) is 0. The molecule has 12 heteroatoms. The van der Waals surface area contributed by atoms with Gasteiger partial charge in [0.05, 0.1) is 6.61 Å². The molecule has 0 aliphatic carbocycles. The minimum Gasteiger partial charge on any atom is -0.479 e. The van der Waals surface area contributed by atoms with E-state index in [-0.39, 0.29) is 25.9 Å². The van der Waals surface area contributed by atoms with Gasteiger partial charge in [-0.15, -0.1) is 0 Å². The van der Waals surface area contributed by atoms with Gasteiger partial charge in [0.15, 0.2) is 24.6 Å². The lowest BCUT2D eigenvalue weighted by Crippen LogP contribution is -2.61. The van der Waals surface area contributed by atoms with Crippen molar-refractivity contribution in [3.8, 4) is 0 Å². The Labute approximate surface area is 453 Å². The number of unbranched alkanes of at least 4 members (excludes halogenated alkanes) is 18. The van der Waals surface area contributed by atoms with Crippen LogP contribution < -0.4 is 0 Å². The Hall–Kier alpha value is -4.36. The molecule has 1 heterocycles. The van der Waals surface area contributed by atoms with Gasteiger partial charge in [-0.1, -0.05) is 221 Å². The molecule has 426 valence electrons. The van der Waals surface area contributed by atoms with E-state index in [0.717, 1.165) is 96.3 Å². The number of carboxylic acid groups (broad SMARTS) is 1. The minimum absolute atomic E-state index is 0.0328. The quantitative estimate of drug-likeness (QED) is 0.0228. The lowest BCUT2D eigenvalue weighted by atomic mass is 9.98. The molecule has 1 aliphatic heterocycles. The van der Waals surface area contributed by atoms with Crippen LogP contribution >= 0.6 is 0 Å². The van der Waals surface area contributed by atoms with Crippen LogP contribution in [-0.2, 0) is 42.9 Å². The first-order valence-electron chi connectivity index (χ1n) is 29.2. The van der Waals surface area contributed by atoms with Gasteiger partial charge in [0, 0.05) is 19.3 Å². The van der Waals surface area contributed by atoms with Crippen LogP contribution in [-0.4, -0.2) is 89.2 Å². The molecule has 0 bridgehead atoms. The fraction of sp³-hybridized carbons (Fsp3) is 0.683. The number of hydrogen-bond acceptors (Lipinski definition) is 11. The first kappa shape index (κ1) is 68.7. The molecule has 0 aromatic heterocycles. The Morgan fingerprint density at radius 3 is 1.33 bits per heavy atom. The highest BCUT2D eigenvalue weighted by Crippen LogP contribution is 2.26. The molecule has 0 spiro atoms. The summed E-state index contributed by atoms with van der Waals surface area (Å²) in [7, 11) is 0. The van der Waals surface area contributed by atoms with Gasteiger partial charge in [-0.2, -0.15) is 0 Å². The third-order valence-electron chi connectivity index (χ3n) is 12.7.